The van der Waals surface area contributed by atoms with E-state index in [9.17, 15) is 21.9 Å². The summed E-state index contributed by atoms with van der Waals surface area (Å²) in [5.74, 6) is -0.393. The van der Waals surface area contributed by atoms with Gasteiger partial charge in [0.2, 0.25) is 0 Å². The van der Waals surface area contributed by atoms with Gasteiger partial charge in [-0.25, -0.2) is 16.8 Å². The number of ether oxygens (including phenoxy) is 1. The molecule has 1 aliphatic rings. The fourth-order valence-corrected chi connectivity index (χ4v) is 6.52. The van der Waals surface area contributed by atoms with Crippen LogP contribution in [0.3, 0.4) is 0 Å². The number of sulfone groups is 1. The van der Waals surface area contributed by atoms with Crippen LogP contribution in [0.2, 0.25) is 0 Å². The molecule has 2 aromatic rings. The standard InChI is InChI=1S/C17H19NO6S2/c1-24-14-7-9-15(10-8-14)26(22,23)18(13-5-3-2-4-6-13)16-11-25(20,21)12-17(16)19/h2-10,16-17,19H,11-12H2,1H3/t16-,17+/m1/s1. The molecule has 0 radical (unpaired) electrons. The number of aliphatic hydroxyl groups is 1. The highest BCUT2D eigenvalue weighted by molar-refractivity contribution is 7.93. The fourth-order valence-electron chi connectivity index (χ4n) is 2.98. The maximum Gasteiger partial charge on any atom is 0.264 e. The Morgan fingerprint density at radius 2 is 1.65 bits per heavy atom. The van der Waals surface area contributed by atoms with Gasteiger partial charge in [0.1, 0.15) is 5.75 Å². The molecule has 1 heterocycles. The molecule has 2 atom stereocenters. The lowest BCUT2D eigenvalue weighted by molar-refractivity contribution is 0.184. The Morgan fingerprint density at radius 3 is 2.15 bits per heavy atom. The van der Waals surface area contributed by atoms with Crippen molar-refractivity contribution in [1.29, 1.82) is 0 Å². The normalized spacial score (nSPS) is 22.1. The molecule has 1 fully saturated rings. The summed E-state index contributed by atoms with van der Waals surface area (Å²) in [6.07, 6.45) is -1.30. The van der Waals surface area contributed by atoms with Crippen LogP contribution in [-0.2, 0) is 19.9 Å². The third-order valence-corrected chi connectivity index (χ3v) is 7.79. The zero-order valence-corrected chi connectivity index (χ0v) is 15.7. The Morgan fingerprint density at radius 1 is 1.04 bits per heavy atom. The second-order valence-corrected chi connectivity index (χ2v) is 9.99. The van der Waals surface area contributed by atoms with Gasteiger partial charge in [-0.3, -0.25) is 4.31 Å². The van der Waals surface area contributed by atoms with Gasteiger partial charge in [-0.1, -0.05) is 18.2 Å². The van der Waals surface area contributed by atoms with Crippen LogP contribution in [0.5, 0.6) is 5.75 Å². The maximum atomic E-state index is 13.3. The number of para-hydroxylation sites is 1. The van der Waals surface area contributed by atoms with Crippen molar-refractivity contribution in [2.45, 2.75) is 17.0 Å². The lowest BCUT2D eigenvalue weighted by atomic mass is 10.2. The van der Waals surface area contributed by atoms with Crippen molar-refractivity contribution in [1.82, 2.24) is 0 Å². The second kappa shape index (κ2) is 6.90. The molecular formula is C17H19NO6S2. The molecule has 0 aliphatic carbocycles. The zero-order valence-electron chi connectivity index (χ0n) is 14.0. The monoisotopic (exact) mass is 397 g/mol. The van der Waals surface area contributed by atoms with E-state index in [0.717, 1.165) is 4.31 Å². The summed E-state index contributed by atoms with van der Waals surface area (Å²) in [5, 5.41) is 10.2. The van der Waals surface area contributed by atoms with Crippen LogP contribution >= 0.6 is 0 Å². The van der Waals surface area contributed by atoms with E-state index >= 15 is 0 Å². The quantitative estimate of drug-likeness (QED) is 0.809. The van der Waals surface area contributed by atoms with Crippen LogP contribution in [0.1, 0.15) is 0 Å². The fraction of sp³-hybridized carbons (Fsp3) is 0.294. The first-order valence-corrected chi connectivity index (χ1v) is 11.1. The summed E-state index contributed by atoms with van der Waals surface area (Å²) in [6, 6.07) is 12.9. The van der Waals surface area contributed by atoms with Gasteiger partial charge in [-0.15, -0.1) is 0 Å². The van der Waals surface area contributed by atoms with Crippen LogP contribution in [0.4, 0.5) is 5.69 Å². The second-order valence-electron chi connectivity index (χ2n) is 6.02. The van der Waals surface area contributed by atoms with Crippen molar-refractivity contribution in [3.05, 3.63) is 54.6 Å². The Bertz CT molecular complexity index is 972. The number of anilines is 1. The molecular weight excluding hydrogens is 378 g/mol. The van der Waals surface area contributed by atoms with E-state index in [1.807, 2.05) is 0 Å². The average molecular weight is 397 g/mol. The van der Waals surface area contributed by atoms with Crippen LogP contribution in [0.15, 0.2) is 59.5 Å². The summed E-state index contributed by atoms with van der Waals surface area (Å²) in [5.41, 5.74) is 0.296. The van der Waals surface area contributed by atoms with Gasteiger partial charge >= 0.3 is 0 Å². The maximum absolute atomic E-state index is 13.3. The molecule has 9 heteroatoms. The van der Waals surface area contributed by atoms with E-state index in [-0.39, 0.29) is 4.90 Å². The molecule has 1 N–H and O–H groups in total. The van der Waals surface area contributed by atoms with Gasteiger partial charge in [0.25, 0.3) is 10.0 Å². The van der Waals surface area contributed by atoms with Gasteiger partial charge in [-0.05, 0) is 36.4 Å². The Balaban J connectivity index is 2.11. The molecule has 140 valence electrons. The predicted octanol–water partition coefficient (Wildman–Crippen LogP) is 1.05. The van der Waals surface area contributed by atoms with Crippen molar-refractivity contribution in [2.75, 3.05) is 22.9 Å². The van der Waals surface area contributed by atoms with Crippen LogP contribution in [0.25, 0.3) is 0 Å². The van der Waals surface area contributed by atoms with Crippen molar-refractivity contribution in [3.8, 4) is 5.75 Å². The first kappa shape index (κ1) is 18.7. The van der Waals surface area contributed by atoms with Gasteiger partial charge in [0.05, 0.1) is 41.3 Å². The predicted molar refractivity (Wildman–Crippen MR) is 97.5 cm³/mol. The van der Waals surface area contributed by atoms with E-state index in [1.54, 1.807) is 30.3 Å². The number of hydrogen-bond donors (Lipinski definition) is 1. The van der Waals surface area contributed by atoms with E-state index in [1.165, 1.54) is 31.4 Å². The molecule has 0 aromatic heterocycles. The van der Waals surface area contributed by atoms with Gasteiger partial charge < -0.3 is 9.84 Å². The number of benzene rings is 2. The van der Waals surface area contributed by atoms with Gasteiger partial charge in [0, 0.05) is 0 Å². The number of rotatable bonds is 5. The summed E-state index contributed by atoms with van der Waals surface area (Å²) in [7, 11) is -6.15. The highest BCUT2D eigenvalue weighted by atomic mass is 32.2. The number of methoxy groups -OCH3 is 1. The highest BCUT2D eigenvalue weighted by Crippen LogP contribution is 2.31. The summed E-state index contributed by atoms with van der Waals surface area (Å²) in [6.45, 7) is 0. The van der Waals surface area contributed by atoms with Crippen molar-refractivity contribution in [3.63, 3.8) is 0 Å². The van der Waals surface area contributed by atoms with E-state index in [2.05, 4.69) is 0 Å². The molecule has 7 nitrogen and oxygen atoms in total. The lowest BCUT2D eigenvalue weighted by Crippen LogP contribution is -2.47. The summed E-state index contributed by atoms with van der Waals surface area (Å²) in [4.78, 5) is -0.0151. The third kappa shape index (κ3) is 3.55. The topological polar surface area (TPSA) is 101 Å². The minimum Gasteiger partial charge on any atom is -0.497 e. The van der Waals surface area contributed by atoms with Crippen molar-refractivity contribution in [2.24, 2.45) is 0 Å². The van der Waals surface area contributed by atoms with Crippen molar-refractivity contribution < 1.29 is 26.7 Å². The Labute approximate surface area is 152 Å². The molecule has 0 spiro atoms. The molecule has 0 bridgehead atoms. The lowest BCUT2D eigenvalue weighted by Gasteiger charge is -2.31. The summed E-state index contributed by atoms with van der Waals surface area (Å²) >= 11 is 0. The van der Waals surface area contributed by atoms with E-state index in [4.69, 9.17) is 4.74 Å². The zero-order chi connectivity index (χ0) is 18.9. The SMILES string of the molecule is COc1ccc(S(=O)(=O)N(c2ccccc2)[C@@H]2CS(=O)(=O)C[C@@H]2O)cc1. The molecule has 0 saturated carbocycles. The molecule has 1 aliphatic heterocycles. The number of sulfonamides is 1. The Kier molecular flexibility index (Phi) is 4.96. The number of aliphatic hydroxyl groups excluding tert-OH is 1. The smallest absolute Gasteiger partial charge is 0.264 e. The van der Waals surface area contributed by atoms with Crippen molar-refractivity contribution >= 4 is 25.5 Å². The van der Waals surface area contributed by atoms with E-state index in [0.29, 0.717) is 11.4 Å². The van der Waals surface area contributed by atoms with Gasteiger partial charge in [0.15, 0.2) is 9.84 Å². The first-order valence-electron chi connectivity index (χ1n) is 7.86. The number of hydrogen-bond acceptors (Lipinski definition) is 6. The molecule has 2 aromatic carbocycles. The molecule has 1 saturated heterocycles. The summed E-state index contributed by atoms with van der Waals surface area (Å²) < 4.78 is 56.4. The van der Waals surface area contributed by atoms with Gasteiger partial charge in [-0.2, -0.15) is 0 Å². The van der Waals surface area contributed by atoms with Crippen LogP contribution in [0, 0.1) is 0 Å². The largest absolute Gasteiger partial charge is 0.497 e. The minimum absolute atomic E-state index is 0.0151. The minimum atomic E-state index is -4.09. The number of nitrogens with zero attached hydrogens (tertiary/aromatic N) is 1. The third-order valence-electron chi connectivity index (χ3n) is 4.22. The first-order chi connectivity index (χ1) is 12.2. The average Bonchev–Trinajstić information content (AvgIpc) is 2.88. The molecule has 26 heavy (non-hydrogen) atoms. The molecule has 0 unspecified atom stereocenters. The molecule has 3 rings (SSSR count). The highest BCUT2D eigenvalue weighted by Gasteiger charge is 2.44. The van der Waals surface area contributed by atoms with Crippen LogP contribution in [-0.4, -0.2) is 52.7 Å². The molecule has 0 amide bonds. The van der Waals surface area contributed by atoms with E-state index < -0.39 is 43.5 Å². The Hall–Kier alpha value is -2.10. The van der Waals surface area contributed by atoms with Crippen LogP contribution < -0.4 is 9.04 Å².